The van der Waals surface area contributed by atoms with E-state index < -0.39 is 9.84 Å². The van der Waals surface area contributed by atoms with Crippen LogP contribution >= 0.6 is 11.6 Å². The minimum atomic E-state index is -2.94. The molecule has 108 valence electrons. The fourth-order valence-electron chi connectivity index (χ4n) is 1.61. The zero-order valence-electron chi connectivity index (χ0n) is 11.3. The van der Waals surface area contributed by atoms with Crippen LogP contribution in [0.5, 0.6) is 5.75 Å². The monoisotopic (exact) mass is 305 g/mol. The average molecular weight is 306 g/mol. The summed E-state index contributed by atoms with van der Waals surface area (Å²) in [7, 11) is -2.94. The SMILES string of the molecule is CCNCc1cccc(Cl)c1OCCCS(C)(=O)=O. The van der Waals surface area contributed by atoms with Gasteiger partial charge in [-0.3, -0.25) is 0 Å². The van der Waals surface area contributed by atoms with Gasteiger partial charge >= 0.3 is 0 Å². The van der Waals surface area contributed by atoms with E-state index in [0.717, 1.165) is 12.1 Å². The Kier molecular flexibility index (Phi) is 6.62. The van der Waals surface area contributed by atoms with Crippen LogP contribution in [-0.2, 0) is 16.4 Å². The summed E-state index contributed by atoms with van der Waals surface area (Å²) in [6.07, 6.45) is 1.68. The van der Waals surface area contributed by atoms with Crippen molar-refractivity contribution in [3.05, 3.63) is 28.8 Å². The Morgan fingerprint density at radius 3 is 2.74 bits per heavy atom. The molecule has 1 N–H and O–H groups in total. The van der Waals surface area contributed by atoms with E-state index in [1.807, 2.05) is 19.1 Å². The molecule has 0 amide bonds. The molecule has 1 rings (SSSR count). The van der Waals surface area contributed by atoms with Crippen LogP contribution in [0.4, 0.5) is 0 Å². The van der Waals surface area contributed by atoms with Crippen molar-refractivity contribution in [2.75, 3.05) is 25.2 Å². The van der Waals surface area contributed by atoms with Crippen molar-refractivity contribution < 1.29 is 13.2 Å². The van der Waals surface area contributed by atoms with Gasteiger partial charge in [0.05, 0.1) is 17.4 Å². The maximum absolute atomic E-state index is 11.0. The molecule has 0 fully saturated rings. The minimum absolute atomic E-state index is 0.125. The molecule has 1 aromatic carbocycles. The molecule has 0 saturated heterocycles. The molecule has 4 nitrogen and oxygen atoms in total. The Bertz CT molecular complexity index is 503. The van der Waals surface area contributed by atoms with Gasteiger partial charge in [-0.05, 0) is 19.0 Å². The number of halogens is 1. The lowest BCUT2D eigenvalue weighted by atomic mass is 10.2. The highest BCUT2D eigenvalue weighted by Crippen LogP contribution is 2.28. The van der Waals surface area contributed by atoms with E-state index in [2.05, 4.69) is 5.32 Å². The van der Waals surface area contributed by atoms with Gasteiger partial charge in [0.1, 0.15) is 15.6 Å². The average Bonchev–Trinajstić information content (AvgIpc) is 2.32. The number of hydrogen-bond acceptors (Lipinski definition) is 4. The summed E-state index contributed by atoms with van der Waals surface area (Å²) in [5.41, 5.74) is 0.980. The summed E-state index contributed by atoms with van der Waals surface area (Å²) in [5, 5.41) is 3.76. The quantitative estimate of drug-likeness (QED) is 0.749. The Morgan fingerprint density at radius 1 is 1.37 bits per heavy atom. The largest absolute Gasteiger partial charge is 0.492 e. The van der Waals surface area contributed by atoms with E-state index in [1.165, 1.54) is 6.26 Å². The van der Waals surface area contributed by atoms with E-state index in [4.69, 9.17) is 16.3 Å². The van der Waals surface area contributed by atoms with Gasteiger partial charge in [-0.25, -0.2) is 8.42 Å². The molecule has 0 aliphatic rings. The highest BCUT2D eigenvalue weighted by Gasteiger charge is 2.09. The standard InChI is InChI=1S/C13H20ClNO3S/c1-3-15-10-11-6-4-7-12(14)13(11)18-8-5-9-19(2,16)17/h4,6-7,15H,3,5,8-10H2,1-2H3. The Morgan fingerprint density at radius 2 is 2.11 bits per heavy atom. The molecule has 0 spiro atoms. The number of sulfone groups is 1. The normalized spacial score (nSPS) is 11.5. The van der Waals surface area contributed by atoms with E-state index >= 15 is 0 Å². The van der Waals surface area contributed by atoms with Crippen LogP contribution in [0.2, 0.25) is 5.02 Å². The minimum Gasteiger partial charge on any atom is -0.492 e. The van der Waals surface area contributed by atoms with Crippen LogP contribution in [0.3, 0.4) is 0 Å². The topological polar surface area (TPSA) is 55.4 Å². The summed E-state index contributed by atoms with van der Waals surface area (Å²) in [6.45, 7) is 3.91. The number of hydrogen-bond donors (Lipinski definition) is 1. The molecule has 0 radical (unpaired) electrons. The lowest BCUT2D eigenvalue weighted by molar-refractivity contribution is 0.314. The second-order valence-electron chi connectivity index (χ2n) is 4.34. The van der Waals surface area contributed by atoms with E-state index in [9.17, 15) is 8.42 Å². The number of para-hydroxylation sites is 1. The molecule has 19 heavy (non-hydrogen) atoms. The van der Waals surface area contributed by atoms with Crippen molar-refractivity contribution in [3.63, 3.8) is 0 Å². The van der Waals surface area contributed by atoms with Crippen molar-refractivity contribution in [2.45, 2.75) is 19.9 Å². The van der Waals surface area contributed by atoms with Crippen LogP contribution < -0.4 is 10.1 Å². The third-order valence-electron chi connectivity index (χ3n) is 2.52. The molecule has 0 unspecified atom stereocenters. The van der Waals surface area contributed by atoms with Gasteiger partial charge < -0.3 is 10.1 Å². The maximum Gasteiger partial charge on any atom is 0.147 e. The molecule has 0 heterocycles. The summed E-state index contributed by atoms with van der Waals surface area (Å²) < 4.78 is 27.7. The molecule has 6 heteroatoms. The van der Waals surface area contributed by atoms with Gasteiger partial charge in [-0.2, -0.15) is 0 Å². The molecule has 0 bridgehead atoms. The molecule has 0 aliphatic heterocycles. The van der Waals surface area contributed by atoms with Crippen molar-refractivity contribution in [2.24, 2.45) is 0 Å². The zero-order chi connectivity index (χ0) is 14.3. The third-order valence-corrected chi connectivity index (χ3v) is 3.85. The van der Waals surface area contributed by atoms with Crippen molar-refractivity contribution in [1.29, 1.82) is 0 Å². The third kappa shape index (κ3) is 6.27. The van der Waals surface area contributed by atoms with Gasteiger partial charge in [0.15, 0.2) is 0 Å². The maximum atomic E-state index is 11.0. The molecule has 0 aromatic heterocycles. The summed E-state index contributed by atoms with van der Waals surface area (Å²) in [4.78, 5) is 0. The first kappa shape index (κ1) is 16.3. The van der Waals surface area contributed by atoms with Crippen molar-refractivity contribution >= 4 is 21.4 Å². The molecule has 1 aromatic rings. The Balaban J connectivity index is 2.60. The smallest absolute Gasteiger partial charge is 0.147 e. The van der Waals surface area contributed by atoms with Crippen LogP contribution in [0.25, 0.3) is 0 Å². The summed E-state index contributed by atoms with van der Waals surface area (Å²) >= 11 is 6.11. The molecule has 0 saturated carbocycles. The highest BCUT2D eigenvalue weighted by atomic mass is 35.5. The van der Waals surface area contributed by atoms with Crippen LogP contribution in [-0.4, -0.2) is 33.6 Å². The molecule has 0 atom stereocenters. The van der Waals surface area contributed by atoms with Gasteiger partial charge in [0.25, 0.3) is 0 Å². The van der Waals surface area contributed by atoms with Gasteiger partial charge in [0.2, 0.25) is 0 Å². The van der Waals surface area contributed by atoms with Crippen LogP contribution in [0.15, 0.2) is 18.2 Å². The first-order valence-corrected chi connectivity index (χ1v) is 8.66. The van der Waals surface area contributed by atoms with Crippen LogP contribution in [0.1, 0.15) is 18.9 Å². The second kappa shape index (κ2) is 7.72. The number of ether oxygens (including phenoxy) is 1. The first-order valence-electron chi connectivity index (χ1n) is 6.22. The number of benzene rings is 1. The predicted octanol–water partition coefficient (Wildman–Crippen LogP) is 2.26. The second-order valence-corrected chi connectivity index (χ2v) is 7.01. The van der Waals surface area contributed by atoms with Crippen molar-refractivity contribution in [1.82, 2.24) is 5.32 Å². The number of nitrogens with one attached hydrogen (secondary N) is 1. The fourth-order valence-corrected chi connectivity index (χ4v) is 2.50. The van der Waals surface area contributed by atoms with E-state index in [0.29, 0.717) is 30.3 Å². The lowest BCUT2D eigenvalue weighted by Gasteiger charge is -2.13. The lowest BCUT2D eigenvalue weighted by Crippen LogP contribution is -2.14. The van der Waals surface area contributed by atoms with Crippen LogP contribution in [0, 0.1) is 0 Å². The Hall–Kier alpha value is -0.780. The van der Waals surface area contributed by atoms with Gasteiger partial charge in [0, 0.05) is 18.4 Å². The predicted molar refractivity (Wildman–Crippen MR) is 78.7 cm³/mol. The molecular formula is C13H20ClNO3S. The fraction of sp³-hybridized carbons (Fsp3) is 0.538. The van der Waals surface area contributed by atoms with E-state index in [1.54, 1.807) is 6.07 Å². The molecular weight excluding hydrogens is 286 g/mol. The number of rotatable bonds is 8. The van der Waals surface area contributed by atoms with E-state index in [-0.39, 0.29) is 5.75 Å². The highest BCUT2D eigenvalue weighted by molar-refractivity contribution is 7.90. The van der Waals surface area contributed by atoms with Gasteiger partial charge in [-0.15, -0.1) is 0 Å². The summed E-state index contributed by atoms with van der Waals surface area (Å²) in [5.74, 6) is 0.763. The Labute approximate surface area is 120 Å². The summed E-state index contributed by atoms with van der Waals surface area (Å²) in [6, 6.07) is 5.59. The van der Waals surface area contributed by atoms with Gasteiger partial charge in [-0.1, -0.05) is 30.7 Å². The zero-order valence-corrected chi connectivity index (χ0v) is 12.9. The molecule has 0 aliphatic carbocycles. The first-order chi connectivity index (χ1) is 8.94. The van der Waals surface area contributed by atoms with Crippen molar-refractivity contribution in [3.8, 4) is 5.75 Å².